The summed E-state index contributed by atoms with van der Waals surface area (Å²) >= 11 is 6.25. The first-order valence-corrected chi connectivity index (χ1v) is 8.35. The smallest absolute Gasteiger partial charge is 0.336 e. The Hall–Kier alpha value is -2.10. The lowest BCUT2D eigenvalue weighted by Crippen LogP contribution is -2.19. The maximum absolute atomic E-state index is 11.9. The Kier molecular flexibility index (Phi) is 4.74. The lowest BCUT2D eigenvalue weighted by Gasteiger charge is -2.16. The lowest BCUT2D eigenvalue weighted by molar-refractivity contribution is 0.547. The molecule has 0 saturated heterocycles. The Morgan fingerprint density at radius 1 is 1.12 bits per heavy atom. The number of benzene rings is 2. The van der Waals surface area contributed by atoms with E-state index in [2.05, 4.69) is 25.2 Å². The van der Waals surface area contributed by atoms with Gasteiger partial charge < -0.3 is 9.73 Å². The predicted octanol–water partition coefficient (Wildman–Crippen LogP) is 4.91. The number of hydrogen-bond acceptors (Lipinski definition) is 3. The molecule has 0 amide bonds. The van der Waals surface area contributed by atoms with Gasteiger partial charge in [-0.05, 0) is 61.2 Å². The Bertz CT molecular complexity index is 946. The minimum Gasteiger partial charge on any atom is -0.423 e. The molecule has 3 rings (SSSR count). The van der Waals surface area contributed by atoms with Gasteiger partial charge in [-0.1, -0.05) is 29.8 Å². The molecule has 0 spiro atoms. The van der Waals surface area contributed by atoms with Gasteiger partial charge in [0.1, 0.15) is 5.58 Å². The van der Waals surface area contributed by atoms with Crippen LogP contribution in [0.15, 0.2) is 51.7 Å². The molecule has 0 radical (unpaired) electrons. The molecule has 0 bridgehead atoms. The fourth-order valence-electron chi connectivity index (χ4n) is 2.83. The normalized spacial score (nSPS) is 12.5. The molecule has 1 unspecified atom stereocenters. The molecule has 3 aromatic rings. The Morgan fingerprint density at radius 2 is 1.83 bits per heavy atom. The van der Waals surface area contributed by atoms with E-state index in [0.717, 1.165) is 27.1 Å². The van der Waals surface area contributed by atoms with Gasteiger partial charge in [-0.25, -0.2) is 4.79 Å². The van der Waals surface area contributed by atoms with Crippen LogP contribution in [0.3, 0.4) is 0 Å². The standard InChI is InChI=1S/C20H20ClNO2/c1-12-8-17-15(10-20(23)24-19(17)9-13(12)2)11-22-14(3)16-6-4-5-7-18(16)21/h4-10,14,22H,11H2,1-3H3. The zero-order valence-electron chi connectivity index (χ0n) is 14.0. The molecule has 4 heteroatoms. The van der Waals surface area contributed by atoms with E-state index in [-0.39, 0.29) is 11.7 Å². The summed E-state index contributed by atoms with van der Waals surface area (Å²) in [6, 6.07) is 13.4. The van der Waals surface area contributed by atoms with Crippen LogP contribution in [0.25, 0.3) is 11.0 Å². The van der Waals surface area contributed by atoms with Gasteiger partial charge in [0, 0.05) is 29.1 Å². The van der Waals surface area contributed by atoms with Crippen molar-refractivity contribution in [3.8, 4) is 0 Å². The van der Waals surface area contributed by atoms with Gasteiger partial charge in [0.05, 0.1) is 0 Å². The molecule has 0 aliphatic heterocycles. The molecule has 3 nitrogen and oxygen atoms in total. The van der Waals surface area contributed by atoms with Gasteiger partial charge >= 0.3 is 5.63 Å². The first-order chi connectivity index (χ1) is 11.5. The highest BCUT2D eigenvalue weighted by Crippen LogP contribution is 2.24. The highest BCUT2D eigenvalue weighted by molar-refractivity contribution is 6.31. The van der Waals surface area contributed by atoms with Gasteiger partial charge in [0.25, 0.3) is 0 Å². The Balaban J connectivity index is 1.91. The van der Waals surface area contributed by atoms with Crippen molar-refractivity contribution < 1.29 is 4.42 Å². The fraction of sp³-hybridized carbons (Fsp3) is 0.250. The maximum atomic E-state index is 11.9. The topological polar surface area (TPSA) is 42.2 Å². The van der Waals surface area contributed by atoms with Crippen LogP contribution in [0.2, 0.25) is 5.02 Å². The van der Waals surface area contributed by atoms with Crippen LogP contribution in [-0.4, -0.2) is 0 Å². The van der Waals surface area contributed by atoms with Crippen molar-refractivity contribution in [1.82, 2.24) is 5.32 Å². The third kappa shape index (κ3) is 3.37. The molecule has 1 aromatic heterocycles. The second kappa shape index (κ2) is 6.80. The molecule has 1 atom stereocenters. The largest absolute Gasteiger partial charge is 0.423 e. The summed E-state index contributed by atoms with van der Waals surface area (Å²) in [5.41, 5.74) is 4.57. The first kappa shape index (κ1) is 16.7. The zero-order chi connectivity index (χ0) is 17.3. The number of nitrogens with one attached hydrogen (secondary N) is 1. The van der Waals surface area contributed by atoms with Gasteiger partial charge in [0.15, 0.2) is 0 Å². The van der Waals surface area contributed by atoms with Gasteiger partial charge in [-0.2, -0.15) is 0 Å². The summed E-state index contributed by atoms with van der Waals surface area (Å²) in [5, 5.41) is 5.15. The zero-order valence-corrected chi connectivity index (χ0v) is 14.8. The fourth-order valence-corrected chi connectivity index (χ4v) is 3.13. The van der Waals surface area contributed by atoms with Crippen molar-refractivity contribution in [2.45, 2.75) is 33.4 Å². The number of rotatable bonds is 4. The molecule has 124 valence electrons. The van der Waals surface area contributed by atoms with Gasteiger partial charge in [-0.3, -0.25) is 0 Å². The number of fused-ring (bicyclic) bond motifs is 1. The third-order valence-corrected chi connectivity index (χ3v) is 4.76. The molecule has 24 heavy (non-hydrogen) atoms. The summed E-state index contributed by atoms with van der Waals surface area (Å²) < 4.78 is 5.34. The van der Waals surface area contributed by atoms with E-state index in [1.807, 2.05) is 37.3 Å². The number of aryl methyl sites for hydroxylation is 2. The van der Waals surface area contributed by atoms with Crippen molar-refractivity contribution in [3.63, 3.8) is 0 Å². The van der Waals surface area contributed by atoms with Crippen LogP contribution in [0.4, 0.5) is 0 Å². The van der Waals surface area contributed by atoms with Crippen LogP contribution in [0.1, 0.15) is 35.2 Å². The minimum atomic E-state index is -0.326. The van der Waals surface area contributed by atoms with Crippen LogP contribution in [0, 0.1) is 13.8 Å². The summed E-state index contributed by atoms with van der Waals surface area (Å²) in [7, 11) is 0. The van der Waals surface area contributed by atoms with E-state index in [0.29, 0.717) is 12.1 Å². The second-order valence-corrected chi connectivity index (χ2v) is 6.55. The summed E-state index contributed by atoms with van der Waals surface area (Å²) in [6.07, 6.45) is 0. The van der Waals surface area contributed by atoms with Crippen molar-refractivity contribution >= 4 is 22.6 Å². The first-order valence-electron chi connectivity index (χ1n) is 7.97. The van der Waals surface area contributed by atoms with E-state index >= 15 is 0 Å². The average molecular weight is 342 g/mol. The predicted molar refractivity (Wildman–Crippen MR) is 98.7 cm³/mol. The van der Waals surface area contributed by atoms with E-state index in [1.165, 1.54) is 5.56 Å². The summed E-state index contributed by atoms with van der Waals surface area (Å²) in [4.78, 5) is 11.9. The Morgan fingerprint density at radius 3 is 2.58 bits per heavy atom. The van der Waals surface area contributed by atoms with Gasteiger partial charge in [0.2, 0.25) is 0 Å². The van der Waals surface area contributed by atoms with Crippen molar-refractivity contribution in [2.75, 3.05) is 0 Å². The third-order valence-electron chi connectivity index (χ3n) is 4.41. The number of hydrogen-bond donors (Lipinski definition) is 1. The number of halogens is 1. The average Bonchev–Trinajstić information content (AvgIpc) is 2.54. The van der Waals surface area contributed by atoms with E-state index in [4.69, 9.17) is 16.0 Å². The summed E-state index contributed by atoms with van der Waals surface area (Å²) in [6.45, 7) is 6.70. The van der Waals surface area contributed by atoms with Crippen molar-refractivity contribution in [3.05, 3.63) is 80.2 Å². The monoisotopic (exact) mass is 341 g/mol. The molecule has 1 N–H and O–H groups in total. The molecular weight excluding hydrogens is 322 g/mol. The molecule has 0 fully saturated rings. The van der Waals surface area contributed by atoms with Crippen LogP contribution in [-0.2, 0) is 6.54 Å². The molecular formula is C20H20ClNO2. The molecule has 0 saturated carbocycles. The van der Waals surface area contributed by atoms with Crippen LogP contribution >= 0.6 is 11.6 Å². The molecule has 1 heterocycles. The van der Waals surface area contributed by atoms with Crippen LogP contribution in [0.5, 0.6) is 0 Å². The molecule has 0 aliphatic rings. The van der Waals surface area contributed by atoms with E-state index < -0.39 is 0 Å². The highest BCUT2D eigenvalue weighted by atomic mass is 35.5. The quantitative estimate of drug-likeness (QED) is 0.685. The summed E-state index contributed by atoms with van der Waals surface area (Å²) in [5.74, 6) is 0. The highest BCUT2D eigenvalue weighted by Gasteiger charge is 2.11. The SMILES string of the molecule is Cc1cc2oc(=O)cc(CNC(C)c3ccccc3Cl)c2cc1C. The minimum absolute atomic E-state index is 0.0764. The van der Waals surface area contributed by atoms with Gasteiger partial charge in [-0.15, -0.1) is 0 Å². The molecule has 2 aromatic carbocycles. The van der Waals surface area contributed by atoms with E-state index in [9.17, 15) is 4.79 Å². The molecule has 0 aliphatic carbocycles. The van der Waals surface area contributed by atoms with Crippen molar-refractivity contribution in [1.29, 1.82) is 0 Å². The maximum Gasteiger partial charge on any atom is 0.336 e. The van der Waals surface area contributed by atoms with Crippen molar-refractivity contribution in [2.24, 2.45) is 0 Å². The van der Waals surface area contributed by atoms with Crippen LogP contribution < -0.4 is 10.9 Å². The second-order valence-electron chi connectivity index (χ2n) is 6.15. The lowest BCUT2D eigenvalue weighted by atomic mass is 10.0. The van der Waals surface area contributed by atoms with E-state index in [1.54, 1.807) is 6.07 Å². The Labute approximate surface area is 146 Å².